The van der Waals surface area contributed by atoms with Crippen molar-refractivity contribution in [1.82, 2.24) is 14.9 Å². The van der Waals surface area contributed by atoms with E-state index in [1.165, 1.54) is 11.8 Å². The first kappa shape index (κ1) is 16.4. The van der Waals surface area contributed by atoms with Crippen LogP contribution in [0.25, 0.3) is 5.69 Å². The molecule has 1 saturated heterocycles. The summed E-state index contributed by atoms with van der Waals surface area (Å²) < 4.78 is 12.9. The van der Waals surface area contributed by atoms with Crippen LogP contribution < -0.4 is 15.0 Å². The SMILES string of the molecule is CC(=O)NC[C@H]1CN(c2ccc3c(c2)OCc2nc(CO)cn2-3)C(=O)O1. The Balaban J connectivity index is 1.56. The van der Waals surface area contributed by atoms with Gasteiger partial charge in [0, 0.05) is 19.2 Å². The van der Waals surface area contributed by atoms with E-state index in [9.17, 15) is 14.7 Å². The summed E-state index contributed by atoms with van der Waals surface area (Å²) in [5.41, 5.74) is 2.03. The molecule has 3 heterocycles. The van der Waals surface area contributed by atoms with E-state index in [1.807, 2.05) is 10.6 Å². The highest BCUT2D eigenvalue weighted by Crippen LogP contribution is 2.34. The van der Waals surface area contributed by atoms with Crippen molar-refractivity contribution < 1.29 is 24.2 Å². The standard InChI is InChI=1S/C17H18N4O5/c1-10(23)18-5-13-7-20(17(24)26-13)12-2-3-14-15(4-12)25-9-16-19-11(8-22)6-21(14)16/h2-4,6,13,22H,5,7-9H2,1H3,(H,18,23)/t13-/m0/s1. The van der Waals surface area contributed by atoms with Gasteiger partial charge in [-0.2, -0.15) is 0 Å². The van der Waals surface area contributed by atoms with E-state index in [-0.39, 0.29) is 25.7 Å². The maximum absolute atomic E-state index is 12.1. The summed E-state index contributed by atoms with van der Waals surface area (Å²) in [6, 6.07) is 5.42. The third kappa shape index (κ3) is 2.86. The van der Waals surface area contributed by atoms with Crippen molar-refractivity contribution in [1.29, 1.82) is 0 Å². The van der Waals surface area contributed by atoms with Crippen LogP contribution in [-0.2, 0) is 22.7 Å². The Hall–Kier alpha value is -3.07. The number of carbonyl (C=O) groups excluding carboxylic acids is 2. The molecular formula is C17H18N4O5. The zero-order valence-corrected chi connectivity index (χ0v) is 14.1. The van der Waals surface area contributed by atoms with Crippen molar-refractivity contribution in [3.05, 3.63) is 35.9 Å². The average molecular weight is 358 g/mol. The molecule has 0 saturated carbocycles. The fourth-order valence-corrected chi connectivity index (χ4v) is 3.08. The maximum atomic E-state index is 12.1. The Morgan fingerprint density at radius 1 is 1.46 bits per heavy atom. The summed E-state index contributed by atoms with van der Waals surface area (Å²) >= 11 is 0. The van der Waals surface area contributed by atoms with E-state index in [0.717, 1.165) is 5.69 Å². The van der Waals surface area contributed by atoms with Gasteiger partial charge in [0.25, 0.3) is 0 Å². The summed E-state index contributed by atoms with van der Waals surface area (Å²) in [5.74, 6) is 1.17. The Kier molecular flexibility index (Phi) is 4.00. The molecule has 136 valence electrons. The Bertz CT molecular complexity index is 878. The number of imidazole rings is 1. The zero-order chi connectivity index (χ0) is 18.3. The van der Waals surface area contributed by atoms with Crippen molar-refractivity contribution in [3.8, 4) is 11.4 Å². The Labute approximate surface area is 149 Å². The van der Waals surface area contributed by atoms with Crippen molar-refractivity contribution in [3.63, 3.8) is 0 Å². The predicted octanol–water partition coefficient (Wildman–Crippen LogP) is 0.718. The number of ether oxygens (including phenoxy) is 2. The minimum absolute atomic E-state index is 0.136. The third-order valence-electron chi connectivity index (χ3n) is 4.31. The zero-order valence-electron chi connectivity index (χ0n) is 14.1. The second-order valence-corrected chi connectivity index (χ2v) is 6.17. The van der Waals surface area contributed by atoms with E-state index < -0.39 is 12.2 Å². The molecule has 0 bridgehead atoms. The quantitative estimate of drug-likeness (QED) is 0.834. The Morgan fingerprint density at radius 3 is 3.08 bits per heavy atom. The molecule has 1 aromatic carbocycles. The number of fused-ring (bicyclic) bond motifs is 3. The summed E-state index contributed by atoms with van der Waals surface area (Å²) in [7, 11) is 0. The molecule has 2 aliphatic rings. The van der Waals surface area contributed by atoms with Gasteiger partial charge in [0.05, 0.1) is 36.8 Å². The number of amides is 2. The van der Waals surface area contributed by atoms with Gasteiger partial charge in [-0.05, 0) is 12.1 Å². The third-order valence-corrected chi connectivity index (χ3v) is 4.31. The molecule has 9 nitrogen and oxygen atoms in total. The lowest BCUT2D eigenvalue weighted by Crippen LogP contribution is -2.33. The van der Waals surface area contributed by atoms with Gasteiger partial charge in [-0.15, -0.1) is 0 Å². The first-order valence-electron chi connectivity index (χ1n) is 8.23. The lowest BCUT2D eigenvalue weighted by atomic mass is 10.2. The molecule has 0 unspecified atom stereocenters. The number of benzene rings is 1. The van der Waals surface area contributed by atoms with Crippen LogP contribution in [0.15, 0.2) is 24.4 Å². The fourth-order valence-electron chi connectivity index (χ4n) is 3.08. The van der Waals surface area contributed by atoms with Gasteiger partial charge in [0.15, 0.2) is 5.82 Å². The molecule has 9 heteroatoms. The number of anilines is 1. The highest BCUT2D eigenvalue weighted by atomic mass is 16.6. The van der Waals surface area contributed by atoms with E-state index in [0.29, 0.717) is 29.5 Å². The van der Waals surface area contributed by atoms with Gasteiger partial charge < -0.3 is 19.9 Å². The predicted molar refractivity (Wildman–Crippen MR) is 90.1 cm³/mol. The molecule has 1 atom stereocenters. The van der Waals surface area contributed by atoms with Crippen LogP contribution in [0.1, 0.15) is 18.4 Å². The van der Waals surface area contributed by atoms with Crippen molar-refractivity contribution >= 4 is 17.7 Å². The molecule has 4 rings (SSSR count). The van der Waals surface area contributed by atoms with Gasteiger partial charge in [-0.25, -0.2) is 9.78 Å². The summed E-state index contributed by atoms with van der Waals surface area (Å²) in [4.78, 5) is 29.0. The molecule has 2 amide bonds. The average Bonchev–Trinajstić information content (AvgIpc) is 3.22. The molecule has 26 heavy (non-hydrogen) atoms. The molecular weight excluding hydrogens is 340 g/mol. The summed E-state index contributed by atoms with van der Waals surface area (Å²) in [5, 5.41) is 11.9. The largest absolute Gasteiger partial charge is 0.483 e. The molecule has 2 aliphatic heterocycles. The number of nitrogens with zero attached hydrogens (tertiary/aromatic N) is 3. The van der Waals surface area contributed by atoms with E-state index in [1.54, 1.807) is 18.3 Å². The van der Waals surface area contributed by atoms with Gasteiger partial charge in [0.2, 0.25) is 5.91 Å². The van der Waals surface area contributed by atoms with Crippen LogP contribution in [0.5, 0.6) is 5.75 Å². The Morgan fingerprint density at radius 2 is 2.31 bits per heavy atom. The van der Waals surface area contributed by atoms with Crippen LogP contribution in [0.2, 0.25) is 0 Å². The second-order valence-electron chi connectivity index (χ2n) is 6.17. The number of aromatic nitrogens is 2. The van der Waals surface area contributed by atoms with Crippen LogP contribution in [0.4, 0.5) is 10.5 Å². The number of hydrogen-bond acceptors (Lipinski definition) is 6. The minimum atomic E-state index is -0.456. The molecule has 2 aromatic rings. The van der Waals surface area contributed by atoms with E-state index >= 15 is 0 Å². The van der Waals surface area contributed by atoms with Crippen LogP contribution in [0.3, 0.4) is 0 Å². The number of carbonyl (C=O) groups is 2. The highest BCUT2D eigenvalue weighted by Gasteiger charge is 2.33. The van der Waals surface area contributed by atoms with Gasteiger partial charge in [-0.3, -0.25) is 14.3 Å². The molecule has 0 aliphatic carbocycles. The second kappa shape index (κ2) is 6.34. The molecule has 0 spiro atoms. The van der Waals surface area contributed by atoms with E-state index in [2.05, 4.69) is 10.3 Å². The topological polar surface area (TPSA) is 106 Å². The number of rotatable bonds is 4. The first-order valence-corrected chi connectivity index (χ1v) is 8.23. The number of aliphatic hydroxyl groups excluding tert-OH is 1. The van der Waals surface area contributed by atoms with Gasteiger partial charge >= 0.3 is 6.09 Å². The van der Waals surface area contributed by atoms with Crippen LogP contribution in [-0.4, -0.2) is 45.9 Å². The number of aliphatic hydroxyl groups is 1. The minimum Gasteiger partial charge on any atom is -0.483 e. The van der Waals surface area contributed by atoms with Crippen molar-refractivity contribution in [2.75, 3.05) is 18.0 Å². The summed E-state index contributed by atoms with van der Waals surface area (Å²) in [6.07, 6.45) is 0.918. The van der Waals surface area contributed by atoms with Crippen molar-refractivity contribution in [2.45, 2.75) is 26.2 Å². The van der Waals surface area contributed by atoms with Crippen LogP contribution in [0, 0.1) is 0 Å². The molecule has 1 fully saturated rings. The first-order chi connectivity index (χ1) is 12.5. The molecule has 2 N–H and O–H groups in total. The highest BCUT2D eigenvalue weighted by molar-refractivity contribution is 5.90. The maximum Gasteiger partial charge on any atom is 0.414 e. The molecule has 1 aromatic heterocycles. The fraction of sp³-hybridized carbons (Fsp3) is 0.353. The summed E-state index contributed by atoms with van der Waals surface area (Å²) in [6.45, 7) is 2.20. The molecule has 0 radical (unpaired) electrons. The number of cyclic esters (lactones) is 1. The number of hydrogen-bond donors (Lipinski definition) is 2. The van der Waals surface area contributed by atoms with E-state index in [4.69, 9.17) is 9.47 Å². The lowest BCUT2D eigenvalue weighted by Gasteiger charge is -2.21. The van der Waals surface area contributed by atoms with Crippen molar-refractivity contribution in [2.24, 2.45) is 0 Å². The normalized spacial score (nSPS) is 18.0. The lowest BCUT2D eigenvalue weighted by molar-refractivity contribution is -0.119. The van der Waals surface area contributed by atoms with Gasteiger partial charge in [-0.1, -0.05) is 0 Å². The smallest absolute Gasteiger partial charge is 0.414 e. The monoisotopic (exact) mass is 358 g/mol. The van der Waals surface area contributed by atoms with Crippen LogP contribution >= 0.6 is 0 Å². The van der Waals surface area contributed by atoms with Gasteiger partial charge in [0.1, 0.15) is 18.5 Å². The number of nitrogens with one attached hydrogen (secondary N) is 1.